The van der Waals surface area contributed by atoms with E-state index >= 15 is 0 Å². The van der Waals surface area contributed by atoms with Gasteiger partial charge in [-0.2, -0.15) is 0 Å². The van der Waals surface area contributed by atoms with Crippen LogP contribution in [0.25, 0.3) is 0 Å². The lowest BCUT2D eigenvalue weighted by molar-refractivity contribution is -0.138. The summed E-state index contributed by atoms with van der Waals surface area (Å²) < 4.78 is 27.5. The maximum Gasteiger partial charge on any atom is 0.354 e. The van der Waals surface area contributed by atoms with Crippen molar-refractivity contribution in [3.63, 3.8) is 0 Å². The molecule has 0 aliphatic carbocycles. The van der Waals surface area contributed by atoms with Gasteiger partial charge in [0.1, 0.15) is 11.5 Å². The third-order valence-corrected chi connectivity index (χ3v) is 2.74. The second-order valence-electron chi connectivity index (χ2n) is 4.31. The number of esters is 2. The van der Waals surface area contributed by atoms with E-state index in [1.165, 1.54) is 32.4 Å². The highest BCUT2D eigenvalue weighted by Gasteiger charge is 2.15. The van der Waals surface area contributed by atoms with E-state index in [0.717, 1.165) is 6.08 Å². The molecule has 0 bridgehead atoms. The van der Waals surface area contributed by atoms with Crippen molar-refractivity contribution in [3.8, 4) is 0 Å². The van der Waals surface area contributed by atoms with Gasteiger partial charge in [-0.15, -0.1) is 0 Å². The molecule has 0 unspecified atom stereocenters. The van der Waals surface area contributed by atoms with Crippen LogP contribution in [0.5, 0.6) is 0 Å². The molecule has 0 aliphatic heterocycles. The quantitative estimate of drug-likeness (QED) is 0.425. The molecule has 0 spiro atoms. The molecular formula is C15H19FN2O5. The molecule has 0 fully saturated rings. The minimum atomic E-state index is -0.789. The summed E-state index contributed by atoms with van der Waals surface area (Å²) in [5.74, 6) is -2.04. The van der Waals surface area contributed by atoms with Crippen molar-refractivity contribution in [1.29, 1.82) is 0 Å². The Labute approximate surface area is 133 Å². The zero-order valence-corrected chi connectivity index (χ0v) is 13.1. The normalized spacial score (nSPS) is 10.9. The van der Waals surface area contributed by atoms with Crippen molar-refractivity contribution in [1.82, 2.24) is 0 Å². The molecule has 0 amide bonds. The van der Waals surface area contributed by atoms with E-state index in [1.54, 1.807) is 7.11 Å². The number of carbonyl (C=O) groups excluding carboxylic acids is 2. The van der Waals surface area contributed by atoms with Gasteiger partial charge >= 0.3 is 11.9 Å². The van der Waals surface area contributed by atoms with Gasteiger partial charge in [0, 0.05) is 13.7 Å². The standard InChI is InChI=1S/C15H19FN2O5/c1-21-7-6-17-11-5-4-10(16)8-12(11)18-13(15(20)23-3)9-14(19)22-2/h4-5,8-9,17-18H,6-7H2,1-3H3/b13-9+. The van der Waals surface area contributed by atoms with Crippen molar-refractivity contribution >= 4 is 23.3 Å². The third-order valence-electron chi connectivity index (χ3n) is 2.74. The van der Waals surface area contributed by atoms with Crippen LogP contribution in [0.15, 0.2) is 30.0 Å². The summed E-state index contributed by atoms with van der Waals surface area (Å²) in [6.07, 6.45) is 0.926. The van der Waals surface area contributed by atoms with Gasteiger partial charge in [-0.05, 0) is 18.2 Å². The third kappa shape index (κ3) is 5.95. The fraction of sp³-hybridized carbons (Fsp3) is 0.333. The summed E-state index contributed by atoms with van der Waals surface area (Å²) in [7, 11) is 3.89. The zero-order chi connectivity index (χ0) is 17.2. The van der Waals surface area contributed by atoms with Crippen LogP contribution < -0.4 is 10.6 Å². The molecule has 1 aromatic rings. The molecule has 0 radical (unpaired) electrons. The zero-order valence-electron chi connectivity index (χ0n) is 13.1. The molecule has 0 aromatic heterocycles. The van der Waals surface area contributed by atoms with Gasteiger partial charge in [-0.25, -0.2) is 14.0 Å². The van der Waals surface area contributed by atoms with Gasteiger partial charge in [0.05, 0.1) is 38.3 Å². The summed E-state index contributed by atoms with van der Waals surface area (Å²) in [5, 5.41) is 5.70. The van der Waals surface area contributed by atoms with Gasteiger partial charge in [-0.1, -0.05) is 0 Å². The van der Waals surface area contributed by atoms with Crippen LogP contribution in [0.3, 0.4) is 0 Å². The average Bonchev–Trinajstić information content (AvgIpc) is 2.55. The van der Waals surface area contributed by atoms with Gasteiger partial charge in [0.25, 0.3) is 0 Å². The van der Waals surface area contributed by atoms with Gasteiger partial charge in [0.2, 0.25) is 0 Å². The van der Waals surface area contributed by atoms with Crippen molar-refractivity contribution in [3.05, 3.63) is 35.8 Å². The SMILES string of the molecule is COCCNc1ccc(F)cc1N/C(=C/C(=O)OC)C(=O)OC. The average molecular weight is 326 g/mol. The van der Waals surface area contributed by atoms with Crippen LogP contribution in [0.4, 0.5) is 15.8 Å². The van der Waals surface area contributed by atoms with Gasteiger partial charge in [0.15, 0.2) is 0 Å². The minimum absolute atomic E-state index is 0.181. The number of hydrogen-bond acceptors (Lipinski definition) is 7. The van der Waals surface area contributed by atoms with Crippen molar-refractivity contribution in [2.24, 2.45) is 0 Å². The lowest BCUT2D eigenvalue weighted by atomic mass is 10.2. The molecule has 7 nitrogen and oxygen atoms in total. The van der Waals surface area contributed by atoms with E-state index in [4.69, 9.17) is 4.74 Å². The lowest BCUT2D eigenvalue weighted by Crippen LogP contribution is -2.17. The Morgan fingerprint density at radius 3 is 2.52 bits per heavy atom. The number of carbonyl (C=O) groups is 2. The summed E-state index contributed by atoms with van der Waals surface area (Å²) in [5.41, 5.74) is 0.615. The van der Waals surface area contributed by atoms with Crippen LogP contribution >= 0.6 is 0 Å². The molecule has 2 N–H and O–H groups in total. The van der Waals surface area contributed by atoms with Crippen molar-refractivity contribution < 1.29 is 28.2 Å². The smallest absolute Gasteiger partial charge is 0.354 e. The van der Waals surface area contributed by atoms with E-state index in [-0.39, 0.29) is 11.4 Å². The van der Waals surface area contributed by atoms with E-state index < -0.39 is 17.8 Å². The fourth-order valence-corrected chi connectivity index (χ4v) is 1.64. The highest BCUT2D eigenvalue weighted by atomic mass is 19.1. The Balaban J connectivity index is 3.06. The summed E-state index contributed by atoms with van der Waals surface area (Å²) in [4.78, 5) is 23.1. The number of methoxy groups -OCH3 is 3. The number of benzene rings is 1. The minimum Gasteiger partial charge on any atom is -0.466 e. The number of ether oxygens (including phenoxy) is 3. The number of anilines is 2. The molecule has 126 valence electrons. The Hall–Kier alpha value is -2.61. The number of hydrogen-bond donors (Lipinski definition) is 2. The Kier molecular flexibility index (Phi) is 7.55. The second-order valence-corrected chi connectivity index (χ2v) is 4.31. The predicted molar refractivity (Wildman–Crippen MR) is 82.5 cm³/mol. The first-order valence-electron chi connectivity index (χ1n) is 6.69. The molecule has 0 saturated carbocycles. The number of nitrogens with one attached hydrogen (secondary N) is 2. The number of halogens is 1. The molecule has 23 heavy (non-hydrogen) atoms. The molecular weight excluding hydrogens is 307 g/mol. The molecule has 0 saturated heterocycles. The topological polar surface area (TPSA) is 85.9 Å². The highest BCUT2D eigenvalue weighted by Crippen LogP contribution is 2.24. The van der Waals surface area contributed by atoms with E-state index in [1.807, 2.05) is 0 Å². The summed E-state index contributed by atoms with van der Waals surface area (Å²) in [6.45, 7) is 0.920. The molecule has 1 aromatic carbocycles. The number of rotatable bonds is 8. The first-order valence-corrected chi connectivity index (χ1v) is 6.69. The van der Waals surface area contributed by atoms with Gasteiger partial charge in [-0.3, -0.25) is 0 Å². The highest BCUT2D eigenvalue weighted by molar-refractivity contribution is 5.99. The fourth-order valence-electron chi connectivity index (χ4n) is 1.64. The molecule has 0 atom stereocenters. The lowest BCUT2D eigenvalue weighted by Gasteiger charge is -2.15. The molecule has 8 heteroatoms. The summed E-state index contributed by atoms with van der Waals surface area (Å²) >= 11 is 0. The Morgan fingerprint density at radius 2 is 1.91 bits per heavy atom. The van der Waals surface area contributed by atoms with E-state index in [9.17, 15) is 14.0 Å². The molecule has 1 rings (SSSR count). The molecule has 0 heterocycles. The second kappa shape index (κ2) is 9.42. The van der Waals surface area contributed by atoms with E-state index in [0.29, 0.717) is 18.8 Å². The molecule has 0 aliphatic rings. The van der Waals surface area contributed by atoms with Crippen LogP contribution in [0.2, 0.25) is 0 Å². The predicted octanol–water partition coefficient (Wildman–Crippen LogP) is 1.53. The van der Waals surface area contributed by atoms with Crippen LogP contribution in [0.1, 0.15) is 0 Å². The van der Waals surface area contributed by atoms with Gasteiger partial charge < -0.3 is 24.8 Å². The van der Waals surface area contributed by atoms with Crippen LogP contribution in [-0.2, 0) is 23.8 Å². The van der Waals surface area contributed by atoms with E-state index in [2.05, 4.69) is 20.1 Å². The maximum absolute atomic E-state index is 13.5. The monoisotopic (exact) mass is 326 g/mol. The largest absolute Gasteiger partial charge is 0.466 e. The Bertz CT molecular complexity index is 589. The first kappa shape index (κ1) is 18.4. The first-order chi connectivity index (χ1) is 11.0. The Morgan fingerprint density at radius 1 is 1.17 bits per heavy atom. The van der Waals surface area contributed by atoms with Crippen LogP contribution in [0, 0.1) is 5.82 Å². The summed E-state index contributed by atoms with van der Waals surface area (Å²) in [6, 6.07) is 3.95. The van der Waals surface area contributed by atoms with Crippen LogP contribution in [-0.4, -0.2) is 46.4 Å². The maximum atomic E-state index is 13.5. The van der Waals surface area contributed by atoms with Crippen molar-refractivity contribution in [2.75, 3.05) is 45.1 Å². The van der Waals surface area contributed by atoms with Crippen molar-refractivity contribution in [2.45, 2.75) is 0 Å².